The molecule has 0 aliphatic carbocycles. The van der Waals surface area contributed by atoms with Crippen molar-refractivity contribution in [3.05, 3.63) is 23.9 Å². The van der Waals surface area contributed by atoms with E-state index in [2.05, 4.69) is 56.9 Å². The molecule has 0 spiro atoms. The highest BCUT2D eigenvalue weighted by molar-refractivity contribution is 6.74. The highest BCUT2D eigenvalue weighted by Gasteiger charge is 2.38. The molecule has 0 radical (unpaired) electrons. The molecule has 1 atom stereocenters. The number of H-pyrrole nitrogens is 1. The van der Waals surface area contributed by atoms with Crippen LogP contribution in [0.2, 0.25) is 18.1 Å². The predicted molar refractivity (Wildman–Crippen MR) is 102 cm³/mol. The van der Waals surface area contributed by atoms with Gasteiger partial charge in [-0.25, -0.2) is 0 Å². The number of nitrogens with one attached hydrogen (secondary N) is 1. The molecule has 0 saturated carbocycles. The van der Waals surface area contributed by atoms with E-state index in [1.54, 1.807) is 0 Å². The largest absolute Gasteiger partial charge is 0.481 e. The van der Waals surface area contributed by atoms with Crippen molar-refractivity contribution in [2.75, 3.05) is 6.61 Å². The second-order valence-corrected chi connectivity index (χ2v) is 12.5. The minimum absolute atomic E-state index is 0.118. The summed E-state index contributed by atoms with van der Waals surface area (Å²) in [5, 5.41) is 8.81. The van der Waals surface area contributed by atoms with Crippen molar-refractivity contribution in [1.29, 1.82) is 0 Å². The summed E-state index contributed by atoms with van der Waals surface area (Å²) in [6, 6.07) is 5.86. The maximum atomic E-state index is 6.45. The van der Waals surface area contributed by atoms with Crippen LogP contribution in [0.5, 0.6) is 5.75 Å². The first-order valence-corrected chi connectivity index (χ1v) is 11.3. The molecule has 1 unspecified atom stereocenters. The van der Waals surface area contributed by atoms with Crippen LogP contribution >= 0.6 is 0 Å². The average molecular weight is 345 g/mol. The van der Waals surface area contributed by atoms with Crippen molar-refractivity contribution in [3.8, 4) is 18.1 Å². The molecule has 0 bridgehead atoms. The first-order chi connectivity index (χ1) is 11.1. The third kappa shape index (κ3) is 4.19. The van der Waals surface area contributed by atoms with Gasteiger partial charge in [0.05, 0.1) is 11.2 Å². The second-order valence-electron chi connectivity index (χ2n) is 7.76. The fraction of sp³-hybridized carbons (Fsp3) is 0.526. The zero-order valence-electron chi connectivity index (χ0n) is 15.6. The smallest absolute Gasteiger partial charge is 0.192 e. The van der Waals surface area contributed by atoms with Gasteiger partial charge in [-0.15, -0.1) is 6.42 Å². The first-order valence-electron chi connectivity index (χ1n) is 8.35. The Morgan fingerprint density at radius 3 is 2.67 bits per heavy atom. The Bertz CT molecular complexity index is 738. The summed E-state index contributed by atoms with van der Waals surface area (Å²) in [7, 11) is -1.78. The van der Waals surface area contributed by atoms with E-state index in [0.717, 1.165) is 28.8 Å². The van der Waals surface area contributed by atoms with Crippen LogP contribution in [0, 0.1) is 12.3 Å². The average Bonchev–Trinajstić information content (AvgIpc) is 2.85. The van der Waals surface area contributed by atoms with Crippen LogP contribution in [0.3, 0.4) is 0 Å². The number of nitrogens with zero attached hydrogens (tertiary/aromatic N) is 1. The highest BCUT2D eigenvalue weighted by Crippen LogP contribution is 2.37. The van der Waals surface area contributed by atoms with E-state index in [1.807, 2.05) is 18.2 Å². The summed E-state index contributed by atoms with van der Waals surface area (Å²) in [5.41, 5.74) is 2.00. The second kappa shape index (κ2) is 7.00. The molecule has 2 rings (SSSR count). The van der Waals surface area contributed by atoms with Gasteiger partial charge in [-0.1, -0.05) is 26.7 Å². The number of fused-ring (bicyclic) bond motifs is 1. The molecule has 1 N–H and O–H groups in total. The summed E-state index contributed by atoms with van der Waals surface area (Å²) >= 11 is 0. The Morgan fingerprint density at radius 1 is 1.33 bits per heavy atom. The van der Waals surface area contributed by atoms with E-state index in [0.29, 0.717) is 0 Å². The van der Waals surface area contributed by atoms with Gasteiger partial charge in [-0.2, -0.15) is 5.10 Å². The van der Waals surface area contributed by atoms with Gasteiger partial charge in [-0.3, -0.25) is 5.10 Å². The van der Waals surface area contributed by atoms with Gasteiger partial charge in [0.1, 0.15) is 12.4 Å². The third-order valence-corrected chi connectivity index (χ3v) is 9.32. The fourth-order valence-corrected chi connectivity index (χ4v) is 3.85. The number of terminal acetylenes is 1. The monoisotopic (exact) mass is 344 g/mol. The molecule has 4 nitrogen and oxygen atoms in total. The molecule has 1 aromatic carbocycles. The number of hydrogen-bond acceptors (Lipinski definition) is 3. The van der Waals surface area contributed by atoms with Gasteiger partial charge in [0, 0.05) is 17.9 Å². The Labute approximate surface area is 146 Å². The summed E-state index contributed by atoms with van der Waals surface area (Å²) in [6.45, 7) is 13.7. The molecule has 2 aromatic rings. The molecule has 0 saturated heterocycles. The molecule has 0 aliphatic rings. The van der Waals surface area contributed by atoms with Crippen molar-refractivity contribution in [2.24, 2.45) is 0 Å². The van der Waals surface area contributed by atoms with Crippen molar-refractivity contribution in [2.45, 2.75) is 58.4 Å². The quantitative estimate of drug-likeness (QED) is 0.619. The van der Waals surface area contributed by atoms with Crippen LogP contribution in [-0.4, -0.2) is 31.2 Å². The lowest BCUT2D eigenvalue weighted by Gasteiger charge is -2.38. The van der Waals surface area contributed by atoms with E-state index in [9.17, 15) is 0 Å². The molecule has 0 amide bonds. The zero-order chi connectivity index (χ0) is 18.0. The minimum Gasteiger partial charge on any atom is -0.481 e. The SMILES string of the molecule is C#CCOc1ccc2[nH]nc(CC(C)O[Si](C)(C)C(C)(C)C)c2c1. The molecule has 130 valence electrons. The van der Waals surface area contributed by atoms with E-state index < -0.39 is 8.32 Å². The first kappa shape index (κ1) is 18.6. The Hall–Kier alpha value is -1.77. The molecule has 0 fully saturated rings. The number of rotatable bonds is 6. The molecular formula is C19H28N2O2Si. The molecule has 1 aromatic heterocycles. The van der Waals surface area contributed by atoms with E-state index in [1.165, 1.54) is 0 Å². The maximum absolute atomic E-state index is 6.45. The van der Waals surface area contributed by atoms with Crippen LogP contribution in [0.1, 0.15) is 33.4 Å². The zero-order valence-corrected chi connectivity index (χ0v) is 16.6. The molecule has 0 aliphatic heterocycles. The molecule has 5 heteroatoms. The Balaban J connectivity index is 2.16. The summed E-state index contributed by atoms with van der Waals surface area (Å²) in [5.74, 6) is 3.25. The molecular weight excluding hydrogens is 316 g/mol. The molecule has 24 heavy (non-hydrogen) atoms. The van der Waals surface area contributed by atoms with Crippen molar-refractivity contribution >= 4 is 19.2 Å². The van der Waals surface area contributed by atoms with Crippen LogP contribution in [0.25, 0.3) is 10.9 Å². The third-order valence-electron chi connectivity index (χ3n) is 4.72. The van der Waals surface area contributed by atoms with Gasteiger partial charge in [0.25, 0.3) is 0 Å². The summed E-state index contributed by atoms with van der Waals surface area (Å²) in [4.78, 5) is 0. The highest BCUT2D eigenvalue weighted by atomic mass is 28.4. The van der Waals surface area contributed by atoms with Crippen molar-refractivity contribution in [1.82, 2.24) is 10.2 Å². The number of benzene rings is 1. The topological polar surface area (TPSA) is 47.1 Å². The number of hydrogen-bond donors (Lipinski definition) is 1. The van der Waals surface area contributed by atoms with Crippen LogP contribution in [0.15, 0.2) is 18.2 Å². The lowest BCUT2D eigenvalue weighted by Crippen LogP contribution is -2.43. The van der Waals surface area contributed by atoms with Gasteiger partial charge in [0.15, 0.2) is 8.32 Å². The van der Waals surface area contributed by atoms with Gasteiger partial charge in [0.2, 0.25) is 0 Å². The summed E-state index contributed by atoms with van der Waals surface area (Å²) < 4.78 is 12.0. The van der Waals surface area contributed by atoms with Crippen molar-refractivity contribution < 1.29 is 9.16 Å². The minimum atomic E-state index is -1.78. The van der Waals surface area contributed by atoms with Crippen LogP contribution < -0.4 is 4.74 Å². The van der Waals surface area contributed by atoms with Crippen molar-refractivity contribution in [3.63, 3.8) is 0 Å². The van der Waals surface area contributed by atoms with E-state index in [-0.39, 0.29) is 17.7 Å². The normalized spacial score (nSPS) is 13.7. The lowest BCUT2D eigenvalue weighted by molar-refractivity contribution is 0.198. The van der Waals surface area contributed by atoms with Crippen LogP contribution in [0.4, 0.5) is 0 Å². The number of ether oxygens (including phenoxy) is 1. The van der Waals surface area contributed by atoms with Crippen LogP contribution in [-0.2, 0) is 10.8 Å². The fourth-order valence-electron chi connectivity index (χ4n) is 2.41. The summed E-state index contributed by atoms with van der Waals surface area (Å²) in [6.07, 6.45) is 6.14. The van der Waals surface area contributed by atoms with Gasteiger partial charge < -0.3 is 9.16 Å². The predicted octanol–water partition coefficient (Wildman–Crippen LogP) is 4.53. The van der Waals surface area contributed by atoms with Gasteiger partial charge in [-0.05, 0) is 43.3 Å². The van der Waals surface area contributed by atoms with Gasteiger partial charge >= 0.3 is 0 Å². The Morgan fingerprint density at radius 2 is 2.04 bits per heavy atom. The Kier molecular flexibility index (Phi) is 5.41. The van der Waals surface area contributed by atoms with E-state index >= 15 is 0 Å². The number of aromatic nitrogens is 2. The number of aromatic amines is 1. The maximum Gasteiger partial charge on any atom is 0.192 e. The lowest BCUT2D eigenvalue weighted by atomic mass is 10.1. The molecule has 1 heterocycles. The standard InChI is InChI=1S/C19H28N2O2Si/c1-8-11-22-15-9-10-17-16(13-15)18(21-20-17)12-14(2)23-24(6,7)19(3,4)5/h1,9-10,13-14H,11-12H2,2-7H3,(H,20,21). The van der Waals surface area contributed by atoms with E-state index in [4.69, 9.17) is 15.6 Å².